The van der Waals surface area contributed by atoms with Crippen LogP contribution in [0, 0.1) is 18.2 Å². The molecule has 9 rings (SSSR count). The molecule has 0 aliphatic carbocycles. The van der Waals surface area contributed by atoms with Crippen molar-refractivity contribution in [1.82, 2.24) is 15.0 Å². The number of aromatic amines is 1. The summed E-state index contributed by atoms with van der Waals surface area (Å²) in [4.78, 5) is 45.2. The minimum Gasteiger partial charge on any atom is -0.381 e. The van der Waals surface area contributed by atoms with Gasteiger partial charge in [-0.25, -0.2) is 14.4 Å². The number of pyridine rings is 1. The monoisotopic (exact) mass is 732 g/mol. The second kappa shape index (κ2) is 12.8. The number of benzene rings is 3. The largest absolute Gasteiger partial charge is 0.381 e. The summed E-state index contributed by atoms with van der Waals surface area (Å²) in [6, 6.07) is 21.8. The predicted octanol–water partition coefficient (Wildman–Crippen LogP) is 8.53. The van der Waals surface area contributed by atoms with E-state index in [0.29, 0.717) is 67.1 Å². The first kappa shape index (κ1) is 32.8. The average molecular weight is 733 g/mol. The summed E-state index contributed by atoms with van der Waals surface area (Å²) in [5.74, 6) is 0.306. The summed E-state index contributed by atoms with van der Waals surface area (Å²) >= 11 is 7.68. The van der Waals surface area contributed by atoms with Gasteiger partial charge in [0.25, 0.3) is 11.8 Å². The van der Waals surface area contributed by atoms with E-state index in [1.807, 2.05) is 49.4 Å². The van der Waals surface area contributed by atoms with Crippen LogP contribution >= 0.6 is 22.9 Å². The topological polar surface area (TPSA) is 103 Å². The molecular formula is C40H34ClFN6O3S. The number of nitrogens with one attached hydrogen (secondary N) is 2. The summed E-state index contributed by atoms with van der Waals surface area (Å²) in [5.41, 5.74) is 6.06. The van der Waals surface area contributed by atoms with Gasteiger partial charge in [-0.2, -0.15) is 0 Å². The number of aromatic nitrogens is 3. The predicted molar refractivity (Wildman–Crippen MR) is 203 cm³/mol. The number of para-hydroxylation sites is 2. The number of halogens is 2. The van der Waals surface area contributed by atoms with Gasteiger partial charge in [0.05, 0.1) is 27.3 Å². The summed E-state index contributed by atoms with van der Waals surface area (Å²) in [6.45, 7) is 5.49. The average Bonchev–Trinajstić information content (AvgIpc) is 3.68. The zero-order chi connectivity index (χ0) is 35.6. The molecule has 3 aliphatic heterocycles. The number of fused-ring (bicyclic) bond motifs is 4. The number of nitrogens with zero attached hydrogens (tertiary/aromatic N) is 4. The third-order valence-corrected chi connectivity index (χ3v) is 12.0. The van der Waals surface area contributed by atoms with Crippen molar-refractivity contribution in [2.75, 3.05) is 48.0 Å². The molecule has 6 aromatic rings. The number of ether oxygens (including phenoxy) is 1. The second-order valence-corrected chi connectivity index (χ2v) is 15.3. The molecule has 3 aromatic carbocycles. The smallest absolute Gasteiger partial charge is 0.259 e. The zero-order valence-electron chi connectivity index (χ0n) is 28.3. The van der Waals surface area contributed by atoms with E-state index >= 15 is 4.39 Å². The molecule has 52 heavy (non-hydrogen) atoms. The van der Waals surface area contributed by atoms with Crippen LogP contribution in [0.1, 0.15) is 44.7 Å². The van der Waals surface area contributed by atoms with Gasteiger partial charge in [0.2, 0.25) is 0 Å². The Kier molecular flexibility index (Phi) is 8.09. The lowest BCUT2D eigenvalue weighted by Gasteiger charge is -2.53. The van der Waals surface area contributed by atoms with Crippen LogP contribution in [0.3, 0.4) is 0 Å². The Morgan fingerprint density at radius 2 is 1.81 bits per heavy atom. The third kappa shape index (κ3) is 5.64. The molecule has 1 spiro atoms. The molecule has 0 atom stereocenters. The van der Waals surface area contributed by atoms with Crippen LogP contribution in [0.4, 0.5) is 21.6 Å². The molecule has 0 unspecified atom stereocenters. The van der Waals surface area contributed by atoms with Crippen molar-refractivity contribution >= 4 is 63.0 Å². The molecule has 2 N–H and O–H groups in total. The maximum absolute atomic E-state index is 16.2. The Morgan fingerprint density at radius 1 is 1.02 bits per heavy atom. The van der Waals surface area contributed by atoms with Gasteiger partial charge in [-0.3, -0.25) is 9.59 Å². The Labute approximate surface area is 308 Å². The van der Waals surface area contributed by atoms with Crippen LogP contribution in [0.25, 0.3) is 32.2 Å². The standard InChI is InChI=1S/C40H34ClFN6O3S/c1-23-19-28(37(43-20-23)47-21-40(22-47)14-17-51-18-15-40)38(49)44-25-11-9-24(10-12-25)39(50)48-16-13-27-32(42)35(52-34(27)26-5-2-3-8-31(26)48)36-45-30-7-4-6-29(41)33(30)46-36/h2-12,19-20H,13-18,21-22H2,1H3,(H,44,49)(H,45,46). The molecule has 9 nitrogen and oxygen atoms in total. The Bertz CT molecular complexity index is 2380. The maximum atomic E-state index is 16.2. The number of hydrogen-bond acceptors (Lipinski definition) is 7. The van der Waals surface area contributed by atoms with Crippen LogP contribution in [0.15, 0.2) is 79.0 Å². The zero-order valence-corrected chi connectivity index (χ0v) is 29.9. The van der Waals surface area contributed by atoms with Crippen molar-refractivity contribution in [3.8, 4) is 21.1 Å². The van der Waals surface area contributed by atoms with Gasteiger partial charge >= 0.3 is 0 Å². The van der Waals surface area contributed by atoms with Crippen molar-refractivity contribution in [3.63, 3.8) is 0 Å². The molecule has 3 aromatic heterocycles. The van der Waals surface area contributed by atoms with Crippen LogP contribution in [-0.2, 0) is 11.2 Å². The van der Waals surface area contributed by atoms with E-state index in [-0.39, 0.29) is 29.6 Å². The number of thiophene rings is 1. The first-order valence-corrected chi connectivity index (χ1v) is 18.5. The molecule has 0 saturated carbocycles. The van der Waals surface area contributed by atoms with E-state index in [2.05, 4.69) is 25.2 Å². The fraction of sp³-hybridized carbons (Fsp3) is 0.250. The van der Waals surface area contributed by atoms with E-state index in [0.717, 1.165) is 55.1 Å². The van der Waals surface area contributed by atoms with Crippen molar-refractivity contribution in [1.29, 1.82) is 0 Å². The number of rotatable bonds is 5. The van der Waals surface area contributed by atoms with Crippen LogP contribution in [-0.4, -0.2) is 59.6 Å². The molecule has 0 bridgehead atoms. The lowest BCUT2D eigenvalue weighted by Crippen LogP contribution is -2.59. The Balaban J connectivity index is 0.942. The SMILES string of the molecule is Cc1cnc(N2CC3(CCOCC3)C2)c(C(=O)Nc2ccc(C(=O)N3CCc4c(sc(-c5nc6cccc(Cl)c6[nH]5)c4F)-c4ccccc43)cc2)c1. The number of aryl methyl sites for hydroxylation is 1. The van der Waals surface area contributed by atoms with Gasteiger partial charge in [0.15, 0.2) is 5.82 Å². The molecule has 2 saturated heterocycles. The maximum Gasteiger partial charge on any atom is 0.259 e. The highest BCUT2D eigenvalue weighted by molar-refractivity contribution is 7.19. The first-order valence-electron chi connectivity index (χ1n) is 17.3. The number of hydrogen-bond donors (Lipinski definition) is 2. The molecule has 2 fully saturated rings. The van der Waals surface area contributed by atoms with Gasteiger partial charge in [0, 0.05) is 71.7 Å². The fourth-order valence-corrected chi connectivity index (χ4v) is 9.09. The van der Waals surface area contributed by atoms with Gasteiger partial charge in [-0.15, -0.1) is 11.3 Å². The van der Waals surface area contributed by atoms with Crippen molar-refractivity contribution in [3.05, 3.63) is 112 Å². The number of anilines is 3. The van der Waals surface area contributed by atoms with Gasteiger partial charge in [-0.1, -0.05) is 35.9 Å². The Hall–Kier alpha value is -5.10. The van der Waals surface area contributed by atoms with Crippen molar-refractivity contribution in [2.24, 2.45) is 5.41 Å². The van der Waals surface area contributed by atoms with Gasteiger partial charge in [-0.05, 0) is 80.3 Å². The summed E-state index contributed by atoms with van der Waals surface area (Å²) in [5, 5.41) is 3.53. The molecule has 0 radical (unpaired) electrons. The Morgan fingerprint density at radius 3 is 2.60 bits per heavy atom. The minimum absolute atomic E-state index is 0.210. The molecule has 2 amide bonds. The molecule has 6 heterocycles. The lowest BCUT2D eigenvalue weighted by molar-refractivity contribution is -0.000510. The van der Waals surface area contributed by atoms with E-state index in [1.165, 1.54) is 11.3 Å². The number of carbonyl (C=O) groups is 2. The van der Waals surface area contributed by atoms with Crippen LogP contribution in [0.2, 0.25) is 5.02 Å². The quantitative estimate of drug-likeness (QED) is 0.184. The number of H-pyrrole nitrogens is 1. The highest BCUT2D eigenvalue weighted by Gasteiger charge is 2.45. The molecular weight excluding hydrogens is 699 g/mol. The molecule has 3 aliphatic rings. The second-order valence-electron chi connectivity index (χ2n) is 13.9. The summed E-state index contributed by atoms with van der Waals surface area (Å²) in [7, 11) is 0. The van der Waals surface area contributed by atoms with E-state index in [4.69, 9.17) is 16.3 Å². The van der Waals surface area contributed by atoms with E-state index < -0.39 is 0 Å². The number of carbonyl (C=O) groups excluding carboxylic acids is 2. The highest BCUT2D eigenvalue weighted by Crippen LogP contribution is 2.47. The summed E-state index contributed by atoms with van der Waals surface area (Å²) < 4.78 is 21.8. The van der Waals surface area contributed by atoms with E-state index in [1.54, 1.807) is 41.4 Å². The minimum atomic E-state index is -0.344. The number of imidazole rings is 1. The van der Waals surface area contributed by atoms with Crippen molar-refractivity contribution < 1.29 is 18.7 Å². The fourth-order valence-electron chi connectivity index (χ4n) is 7.66. The van der Waals surface area contributed by atoms with Crippen LogP contribution < -0.4 is 15.1 Å². The van der Waals surface area contributed by atoms with Crippen LogP contribution in [0.5, 0.6) is 0 Å². The molecule has 12 heteroatoms. The summed E-state index contributed by atoms with van der Waals surface area (Å²) in [6.07, 6.45) is 4.17. The number of amides is 2. The lowest BCUT2D eigenvalue weighted by atomic mass is 9.73. The van der Waals surface area contributed by atoms with Crippen molar-refractivity contribution in [2.45, 2.75) is 26.2 Å². The van der Waals surface area contributed by atoms with Gasteiger partial charge < -0.3 is 24.8 Å². The van der Waals surface area contributed by atoms with E-state index in [9.17, 15) is 9.59 Å². The highest BCUT2D eigenvalue weighted by atomic mass is 35.5. The normalized spacial score (nSPS) is 16.3. The van der Waals surface area contributed by atoms with Gasteiger partial charge in [0.1, 0.15) is 16.5 Å². The molecule has 262 valence electrons. The first-order chi connectivity index (χ1) is 25.3. The third-order valence-electron chi connectivity index (χ3n) is 10.4.